The molecule has 5 nitrogen and oxygen atoms in total. The van der Waals surface area contributed by atoms with E-state index in [2.05, 4.69) is 32.8 Å². The molecule has 0 unspecified atom stereocenters. The maximum absolute atomic E-state index is 11.4. The molecule has 1 aliphatic heterocycles. The van der Waals surface area contributed by atoms with Crippen LogP contribution in [0.2, 0.25) is 0 Å². The zero-order valence-electron chi connectivity index (χ0n) is 13.2. The standard InChI is InChI=1S/C17H22N4O/c1-3-15-19-12(2)10-16(20-15)21-8-5-13(6-9-21)14-4-7-18-17(22)11-14/h4,7,10-11,13H,3,5-6,8-9H2,1-2H3,(H,18,22). The molecule has 0 atom stereocenters. The first kappa shape index (κ1) is 14.8. The number of aromatic amines is 1. The molecule has 0 aliphatic carbocycles. The van der Waals surface area contributed by atoms with Gasteiger partial charge in [0.1, 0.15) is 11.6 Å². The van der Waals surface area contributed by atoms with Crippen molar-refractivity contribution >= 4 is 5.82 Å². The van der Waals surface area contributed by atoms with Gasteiger partial charge in [-0.2, -0.15) is 0 Å². The van der Waals surface area contributed by atoms with Gasteiger partial charge in [0.25, 0.3) is 0 Å². The molecule has 0 radical (unpaired) electrons. The average molecular weight is 298 g/mol. The van der Waals surface area contributed by atoms with Crippen LogP contribution < -0.4 is 10.5 Å². The molecule has 3 rings (SSSR count). The minimum atomic E-state index is -0.0149. The second-order valence-corrected chi connectivity index (χ2v) is 5.88. The SMILES string of the molecule is CCc1nc(C)cc(N2CCC(c3cc[nH]c(=O)c3)CC2)n1. The number of hydrogen-bond acceptors (Lipinski definition) is 4. The predicted octanol–water partition coefficient (Wildman–Crippen LogP) is 2.42. The molecule has 3 heterocycles. The Balaban J connectivity index is 1.71. The van der Waals surface area contributed by atoms with Gasteiger partial charge in [0.15, 0.2) is 0 Å². The largest absolute Gasteiger partial charge is 0.356 e. The Morgan fingerprint density at radius 3 is 2.73 bits per heavy atom. The molecular weight excluding hydrogens is 276 g/mol. The van der Waals surface area contributed by atoms with Gasteiger partial charge in [0, 0.05) is 43.5 Å². The van der Waals surface area contributed by atoms with Gasteiger partial charge in [0.05, 0.1) is 0 Å². The van der Waals surface area contributed by atoms with Crippen molar-refractivity contribution in [3.8, 4) is 0 Å². The number of nitrogens with zero attached hydrogens (tertiary/aromatic N) is 3. The fraction of sp³-hybridized carbons (Fsp3) is 0.471. The second kappa shape index (κ2) is 6.30. The van der Waals surface area contributed by atoms with Crippen LogP contribution in [0.15, 0.2) is 29.2 Å². The van der Waals surface area contributed by atoms with E-state index in [1.807, 2.05) is 13.0 Å². The Morgan fingerprint density at radius 1 is 1.27 bits per heavy atom. The Hall–Kier alpha value is -2.17. The van der Waals surface area contributed by atoms with Gasteiger partial charge in [-0.25, -0.2) is 9.97 Å². The number of pyridine rings is 1. The molecule has 1 fully saturated rings. The van der Waals surface area contributed by atoms with Crippen molar-refractivity contribution in [2.75, 3.05) is 18.0 Å². The monoisotopic (exact) mass is 298 g/mol. The van der Waals surface area contributed by atoms with Crippen LogP contribution >= 0.6 is 0 Å². The van der Waals surface area contributed by atoms with Crippen molar-refractivity contribution in [3.63, 3.8) is 0 Å². The molecule has 1 aliphatic rings. The third kappa shape index (κ3) is 3.18. The lowest BCUT2D eigenvalue weighted by Crippen LogP contribution is -2.34. The highest BCUT2D eigenvalue weighted by molar-refractivity contribution is 5.40. The van der Waals surface area contributed by atoms with Gasteiger partial charge in [-0.3, -0.25) is 4.79 Å². The zero-order chi connectivity index (χ0) is 15.5. The topological polar surface area (TPSA) is 61.9 Å². The first-order chi connectivity index (χ1) is 10.7. The first-order valence-electron chi connectivity index (χ1n) is 7.94. The maximum Gasteiger partial charge on any atom is 0.248 e. The van der Waals surface area contributed by atoms with Crippen molar-refractivity contribution in [2.24, 2.45) is 0 Å². The Morgan fingerprint density at radius 2 is 2.05 bits per heavy atom. The lowest BCUT2D eigenvalue weighted by molar-refractivity contribution is 0.501. The average Bonchev–Trinajstić information content (AvgIpc) is 2.54. The molecule has 1 N–H and O–H groups in total. The summed E-state index contributed by atoms with van der Waals surface area (Å²) in [5.74, 6) is 2.41. The number of nitrogens with one attached hydrogen (secondary N) is 1. The molecule has 1 saturated heterocycles. The van der Waals surface area contributed by atoms with E-state index >= 15 is 0 Å². The van der Waals surface area contributed by atoms with E-state index in [0.717, 1.165) is 55.3 Å². The Bertz CT molecular complexity index is 702. The van der Waals surface area contributed by atoms with Crippen molar-refractivity contribution in [1.29, 1.82) is 0 Å². The number of aryl methyl sites for hydroxylation is 2. The summed E-state index contributed by atoms with van der Waals surface area (Å²) in [4.78, 5) is 25.5. The highest BCUT2D eigenvalue weighted by atomic mass is 16.1. The van der Waals surface area contributed by atoms with Gasteiger partial charge in [-0.05, 0) is 37.3 Å². The molecule has 0 amide bonds. The van der Waals surface area contributed by atoms with E-state index in [9.17, 15) is 4.79 Å². The van der Waals surface area contributed by atoms with Crippen LogP contribution in [0.1, 0.15) is 42.8 Å². The third-order valence-corrected chi connectivity index (χ3v) is 4.29. The van der Waals surface area contributed by atoms with Crippen molar-refractivity contribution in [1.82, 2.24) is 15.0 Å². The molecule has 5 heteroatoms. The van der Waals surface area contributed by atoms with Crippen molar-refractivity contribution in [3.05, 3.63) is 51.8 Å². The summed E-state index contributed by atoms with van der Waals surface area (Å²) in [7, 11) is 0. The minimum absolute atomic E-state index is 0.0149. The fourth-order valence-corrected chi connectivity index (χ4v) is 3.09. The molecule has 0 saturated carbocycles. The number of rotatable bonds is 3. The molecule has 0 aromatic carbocycles. The van der Waals surface area contributed by atoms with Crippen molar-refractivity contribution < 1.29 is 0 Å². The third-order valence-electron chi connectivity index (χ3n) is 4.29. The molecule has 116 valence electrons. The molecule has 0 bridgehead atoms. The van der Waals surface area contributed by atoms with E-state index in [-0.39, 0.29) is 5.56 Å². The van der Waals surface area contributed by atoms with E-state index in [4.69, 9.17) is 0 Å². The smallest absolute Gasteiger partial charge is 0.248 e. The second-order valence-electron chi connectivity index (χ2n) is 5.88. The normalized spacial score (nSPS) is 16.0. The summed E-state index contributed by atoms with van der Waals surface area (Å²) < 4.78 is 0. The molecule has 2 aromatic heterocycles. The number of piperidine rings is 1. The first-order valence-corrected chi connectivity index (χ1v) is 7.94. The van der Waals surface area contributed by atoms with E-state index in [1.54, 1.807) is 12.3 Å². The highest BCUT2D eigenvalue weighted by Gasteiger charge is 2.22. The number of anilines is 1. The van der Waals surface area contributed by atoms with Crippen LogP contribution in [0.3, 0.4) is 0 Å². The van der Waals surface area contributed by atoms with Crippen LogP contribution in [0, 0.1) is 6.92 Å². The molecular formula is C17H22N4O. The summed E-state index contributed by atoms with van der Waals surface area (Å²) >= 11 is 0. The lowest BCUT2D eigenvalue weighted by atomic mass is 9.90. The van der Waals surface area contributed by atoms with Crippen LogP contribution in [0.5, 0.6) is 0 Å². The number of aromatic nitrogens is 3. The molecule has 22 heavy (non-hydrogen) atoms. The molecule has 2 aromatic rings. The Kier molecular flexibility index (Phi) is 4.22. The predicted molar refractivity (Wildman–Crippen MR) is 87.4 cm³/mol. The van der Waals surface area contributed by atoms with E-state index in [0.29, 0.717) is 5.92 Å². The summed E-state index contributed by atoms with van der Waals surface area (Å²) in [6.45, 7) is 6.04. The number of H-pyrrole nitrogens is 1. The van der Waals surface area contributed by atoms with Gasteiger partial charge in [-0.1, -0.05) is 6.92 Å². The van der Waals surface area contributed by atoms with E-state index in [1.165, 1.54) is 0 Å². The van der Waals surface area contributed by atoms with E-state index < -0.39 is 0 Å². The summed E-state index contributed by atoms with van der Waals surface area (Å²) in [6.07, 6.45) is 4.70. The van der Waals surface area contributed by atoms with Crippen LogP contribution in [0.25, 0.3) is 0 Å². The van der Waals surface area contributed by atoms with Crippen LogP contribution in [0.4, 0.5) is 5.82 Å². The molecule has 0 spiro atoms. The summed E-state index contributed by atoms with van der Waals surface area (Å²) in [6, 6.07) is 5.81. The quantitative estimate of drug-likeness (QED) is 0.945. The summed E-state index contributed by atoms with van der Waals surface area (Å²) in [5, 5.41) is 0. The number of hydrogen-bond donors (Lipinski definition) is 1. The van der Waals surface area contributed by atoms with Gasteiger partial charge in [-0.15, -0.1) is 0 Å². The van der Waals surface area contributed by atoms with Gasteiger partial charge >= 0.3 is 0 Å². The highest BCUT2D eigenvalue weighted by Crippen LogP contribution is 2.29. The summed E-state index contributed by atoms with van der Waals surface area (Å²) in [5.41, 5.74) is 2.16. The fourth-order valence-electron chi connectivity index (χ4n) is 3.09. The van der Waals surface area contributed by atoms with Gasteiger partial charge in [0.2, 0.25) is 5.56 Å². The maximum atomic E-state index is 11.4. The Labute approximate surface area is 130 Å². The van der Waals surface area contributed by atoms with Crippen LogP contribution in [-0.4, -0.2) is 28.0 Å². The van der Waals surface area contributed by atoms with Crippen LogP contribution in [-0.2, 0) is 6.42 Å². The zero-order valence-corrected chi connectivity index (χ0v) is 13.2. The van der Waals surface area contributed by atoms with Crippen molar-refractivity contribution in [2.45, 2.75) is 39.0 Å². The minimum Gasteiger partial charge on any atom is -0.356 e. The van der Waals surface area contributed by atoms with Gasteiger partial charge < -0.3 is 9.88 Å². The lowest BCUT2D eigenvalue weighted by Gasteiger charge is -2.33.